The zero-order chi connectivity index (χ0) is 22.1. The van der Waals surface area contributed by atoms with Crippen molar-refractivity contribution in [2.45, 2.75) is 26.4 Å². The summed E-state index contributed by atoms with van der Waals surface area (Å²) in [7, 11) is 0. The number of fused-ring (bicyclic) bond motifs is 1. The number of rotatable bonds is 1. The molecule has 1 amide bonds. The molecule has 30 heavy (non-hydrogen) atoms. The number of hydrogen-bond donors (Lipinski definition) is 0. The van der Waals surface area contributed by atoms with E-state index < -0.39 is 29.0 Å². The number of nitrogens with zero attached hydrogens (tertiary/aromatic N) is 2. The first kappa shape index (κ1) is 22.1. The van der Waals surface area contributed by atoms with Crippen molar-refractivity contribution in [3.63, 3.8) is 0 Å². The number of aryl methyl sites for hydroxylation is 1. The summed E-state index contributed by atoms with van der Waals surface area (Å²) in [5.41, 5.74) is -0.483. The summed E-state index contributed by atoms with van der Waals surface area (Å²) in [5, 5.41) is 0.675. The van der Waals surface area contributed by atoms with Gasteiger partial charge in [-0.25, -0.2) is 9.37 Å². The molecule has 160 valence electrons. The van der Waals surface area contributed by atoms with Crippen molar-refractivity contribution in [2.75, 3.05) is 13.1 Å². The van der Waals surface area contributed by atoms with Gasteiger partial charge in [0, 0.05) is 31.1 Å². The van der Waals surface area contributed by atoms with Crippen molar-refractivity contribution in [3.05, 3.63) is 64.3 Å². The maximum absolute atomic E-state index is 13.6. The Morgan fingerprint density at radius 3 is 2.63 bits per heavy atom. The number of amides is 1. The zero-order valence-corrected chi connectivity index (χ0v) is 17.0. The average Bonchev–Trinajstić information content (AvgIpc) is 3.25. The van der Waals surface area contributed by atoms with E-state index >= 15 is 0 Å². The molecule has 0 bridgehead atoms. The molecule has 4 nitrogen and oxygen atoms in total. The Morgan fingerprint density at radius 1 is 1.27 bits per heavy atom. The van der Waals surface area contributed by atoms with E-state index in [0.29, 0.717) is 24.0 Å². The molecule has 0 aliphatic carbocycles. The molecule has 1 aliphatic rings. The predicted octanol–water partition coefficient (Wildman–Crippen LogP) is 6.12. The number of oxazole rings is 1. The van der Waals surface area contributed by atoms with E-state index in [1.54, 1.807) is 12.1 Å². The van der Waals surface area contributed by atoms with Crippen LogP contribution in [0.15, 0.2) is 40.8 Å². The van der Waals surface area contributed by atoms with Gasteiger partial charge in [-0.05, 0) is 36.6 Å². The van der Waals surface area contributed by atoms with Gasteiger partial charge in [-0.1, -0.05) is 24.6 Å². The highest BCUT2D eigenvalue weighted by Gasteiger charge is 2.38. The molecule has 0 N–H and O–H groups in total. The van der Waals surface area contributed by atoms with Gasteiger partial charge in [0.15, 0.2) is 11.5 Å². The van der Waals surface area contributed by atoms with Crippen LogP contribution in [0.2, 0.25) is 5.02 Å². The molecule has 0 saturated carbocycles. The second kappa shape index (κ2) is 8.63. The molecular formula is C21H19ClF4N2O2. The third-order valence-electron chi connectivity index (χ3n) is 4.70. The summed E-state index contributed by atoms with van der Waals surface area (Å²) < 4.78 is 57.3. The first-order valence-corrected chi connectivity index (χ1v) is 9.61. The monoisotopic (exact) mass is 442 g/mol. The number of alkyl halides is 3. The molecular weight excluding hydrogens is 424 g/mol. The third kappa shape index (κ3) is 4.92. The van der Waals surface area contributed by atoms with Crippen LogP contribution in [0, 0.1) is 18.7 Å². The SMILES string of the molecule is CC1CCN(C(=O)c2c(F)cccc2C(F)(F)F)C1.Cc1nc2ccc(Cl)cc2o1. The number of aromatic nitrogens is 1. The molecule has 1 aromatic heterocycles. The van der Waals surface area contributed by atoms with Gasteiger partial charge < -0.3 is 9.32 Å². The van der Waals surface area contributed by atoms with Gasteiger partial charge in [0.2, 0.25) is 0 Å². The molecule has 1 aliphatic heterocycles. The van der Waals surface area contributed by atoms with Crippen molar-refractivity contribution < 1.29 is 26.8 Å². The quantitative estimate of drug-likeness (QED) is 0.427. The van der Waals surface area contributed by atoms with Gasteiger partial charge in [0.05, 0.1) is 11.1 Å². The van der Waals surface area contributed by atoms with Crippen LogP contribution in [0.5, 0.6) is 0 Å². The van der Waals surface area contributed by atoms with E-state index in [2.05, 4.69) is 4.98 Å². The molecule has 4 rings (SSSR count). The van der Waals surface area contributed by atoms with Crippen LogP contribution in [0.3, 0.4) is 0 Å². The van der Waals surface area contributed by atoms with E-state index in [1.165, 1.54) is 4.90 Å². The van der Waals surface area contributed by atoms with Crippen LogP contribution in [0.4, 0.5) is 17.6 Å². The van der Waals surface area contributed by atoms with Crippen molar-refractivity contribution >= 4 is 28.6 Å². The van der Waals surface area contributed by atoms with Crippen LogP contribution in [0.1, 0.15) is 35.2 Å². The lowest BCUT2D eigenvalue weighted by Gasteiger charge is -2.19. The fourth-order valence-corrected chi connectivity index (χ4v) is 3.43. The topological polar surface area (TPSA) is 46.3 Å². The summed E-state index contributed by atoms with van der Waals surface area (Å²) in [6.07, 6.45) is -4.01. The number of halogens is 5. The predicted molar refractivity (Wildman–Crippen MR) is 105 cm³/mol. The van der Waals surface area contributed by atoms with E-state index in [0.717, 1.165) is 35.7 Å². The molecule has 1 saturated heterocycles. The number of carbonyl (C=O) groups excluding carboxylic acids is 1. The molecule has 0 radical (unpaired) electrons. The summed E-state index contributed by atoms with van der Waals surface area (Å²) in [6.45, 7) is 4.45. The van der Waals surface area contributed by atoms with Gasteiger partial charge in [-0.15, -0.1) is 0 Å². The first-order valence-electron chi connectivity index (χ1n) is 9.24. The standard InChI is InChI=1S/C13H13F4NO.C8H6ClNO/c1-8-5-6-18(7-8)12(19)11-9(13(15,16)17)3-2-4-10(11)14;1-5-10-7-3-2-6(9)4-8(7)11-5/h2-4,8H,5-7H2,1H3;2-4H,1H3. The number of benzene rings is 2. The number of likely N-dealkylation sites (tertiary alicyclic amines) is 1. The zero-order valence-electron chi connectivity index (χ0n) is 16.3. The Morgan fingerprint density at radius 2 is 2.00 bits per heavy atom. The lowest BCUT2D eigenvalue weighted by molar-refractivity contribution is -0.138. The average molecular weight is 443 g/mol. The molecule has 1 atom stereocenters. The Hall–Kier alpha value is -2.61. The van der Waals surface area contributed by atoms with Gasteiger partial charge >= 0.3 is 6.18 Å². The molecule has 1 fully saturated rings. The van der Waals surface area contributed by atoms with Gasteiger partial charge in [-0.3, -0.25) is 4.79 Å². The highest BCUT2D eigenvalue weighted by molar-refractivity contribution is 6.31. The smallest absolute Gasteiger partial charge is 0.417 e. The van der Waals surface area contributed by atoms with E-state index in [1.807, 2.05) is 19.9 Å². The minimum atomic E-state index is -4.74. The number of hydrogen-bond acceptors (Lipinski definition) is 3. The van der Waals surface area contributed by atoms with Gasteiger partial charge in [-0.2, -0.15) is 13.2 Å². The fraction of sp³-hybridized carbons (Fsp3) is 0.333. The third-order valence-corrected chi connectivity index (χ3v) is 4.94. The molecule has 2 aromatic carbocycles. The summed E-state index contributed by atoms with van der Waals surface area (Å²) in [5.74, 6) is -1.11. The maximum Gasteiger partial charge on any atom is 0.417 e. The van der Waals surface area contributed by atoms with E-state index in [4.69, 9.17) is 16.0 Å². The second-order valence-corrected chi connectivity index (χ2v) is 7.59. The summed E-state index contributed by atoms with van der Waals surface area (Å²) in [4.78, 5) is 17.5. The summed E-state index contributed by atoms with van der Waals surface area (Å²) >= 11 is 5.74. The van der Waals surface area contributed by atoms with Crippen LogP contribution >= 0.6 is 11.6 Å². The van der Waals surface area contributed by atoms with Crippen molar-refractivity contribution in [2.24, 2.45) is 5.92 Å². The highest BCUT2D eigenvalue weighted by Crippen LogP contribution is 2.34. The van der Waals surface area contributed by atoms with Crippen LogP contribution < -0.4 is 0 Å². The fourth-order valence-electron chi connectivity index (χ4n) is 3.27. The summed E-state index contributed by atoms with van der Waals surface area (Å²) in [6, 6.07) is 7.97. The lowest BCUT2D eigenvalue weighted by Crippen LogP contribution is -2.31. The number of carbonyl (C=O) groups is 1. The molecule has 0 spiro atoms. The van der Waals surface area contributed by atoms with Crippen molar-refractivity contribution in [1.82, 2.24) is 9.88 Å². The molecule has 3 aromatic rings. The van der Waals surface area contributed by atoms with Crippen molar-refractivity contribution in [1.29, 1.82) is 0 Å². The van der Waals surface area contributed by atoms with Gasteiger partial charge in [0.1, 0.15) is 11.3 Å². The lowest BCUT2D eigenvalue weighted by atomic mass is 10.1. The Kier molecular flexibility index (Phi) is 6.36. The maximum atomic E-state index is 13.6. The van der Waals surface area contributed by atoms with Crippen molar-refractivity contribution in [3.8, 4) is 0 Å². The van der Waals surface area contributed by atoms with E-state index in [9.17, 15) is 22.4 Å². The first-order chi connectivity index (χ1) is 14.1. The Balaban J connectivity index is 0.000000196. The minimum Gasteiger partial charge on any atom is -0.441 e. The van der Waals surface area contributed by atoms with Crippen LogP contribution in [-0.2, 0) is 6.18 Å². The Labute approximate surface area is 175 Å². The molecule has 2 heterocycles. The largest absolute Gasteiger partial charge is 0.441 e. The molecule has 9 heteroatoms. The molecule has 1 unspecified atom stereocenters. The van der Waals surface area contributed by atoms with Crippen LogP contribution in [-0.4, -0.2) is 28.9 Å². The van der Waals surface area contributed by atoms with E-state index in [-0.39, 0.29) is 5.92 Å². The highest BCUT2D eigenvalue weighted by atomic mass is 35.5. The Bertz CT molecular complexity index is 1060. The van der Waals surface area contributed by atoms with Gasteiger partial charge in [0.25, 0.3) is 5.91 Å². The second-order valence-electron chi connectivity index (χ2n) is 7.15. The normalized spacial score (nSPS) is 16.5. The van der Waals surface area contributed by atoms with Crippen LogP contribution in [0.25, 0.3) is 11.1 Å². The minimum absolute atomic E-state index is 0.227.